The summed E-state index contributed by atoms with van der Waals surface area (Å²) in [6, 6.07) is 7.73. The Hall–Kier alpha value is -2.50. The van der Waals surface area contributed by atoms with Gasteiger partial charge in [-0.1, -0.05) is 6.07 Å². The maximum absolute atomic E-state index is 13.2. The van der Waals surface area contributed by atoms with Gasteiger partial charge in [-0.05, 0) is 24.3 Å². The first-order chi connectivity index (χ1) is 10.2. The summed E-state index contributed by atoms with van der Waals surface area (Å²) >= 11 is 0. The second-order valence-corrected chi connectivity index (χ2v) is 4.82. The third-order valence-corrected chi connectivity index (χ3v) is 3.32. The largest absolute Gasteiger partial charge is 0.458 e. The van der Waals surface area contributed by atoms with Crippen molar-refractivity contribution in [2.24, 2.45) is 0 Å². The van der Waals surface area contributed by atoms with Gasteiger partial charge < -0.3 is 9.64 Å². The zero-order valence-electron chi connectivity index (χ0n) is 11.3. The minimum absolute atomic E-state index is 0.134. The van der Waals surface area contributed by atoms with Crippen LogP contribution in [-0.4, -0.2) is 40.0 Å². The third-order valence-electron chi connectivity index (χ3n) is 3.32. The smallest absolute Gasteiger partial charge is 0.316 e. The lowest BCUT2D eigenvalue weighted by Gasteiger charge is -2.16. The fourth-order valence-electron chi connectivity index (χ4n) is 2.31. The molecule has 1 aliphatic rings. The molecule has 1 aliphatic heterocycles. The topological polar surface area (TPSA) is 55.3 Å². The molecule has 108 valence electrons. The monoisotopic (exact) mass is 287 g/mol. The summed E-state index contributed by atoms with van der Waals surface area (Å²) in [5, 5.41) is 0. The van der Waals surface area contributed by atoms with Crippen LogP contribution in [-0.2, 0) is 0 Å². The van der Waals surface area contributed by atoms with Crippen LogP contribution in [0.4, 0.5) is 4.39 Å². The van der Waals surface area contributed by atoms with E-state index in [1.165, 1.54) is 18.2 Å². The summed E-state index contributed by atoms with van der Waals surface area (Å²) in [5.74, 6) is -0.597. The molecule has 5 nitrogen and oxygen atoms in total. The molecule has 1 atom stereocenters. The molecule has 0 aliphatic carbocycles. The Morgan fingerprint density at radius 2 is 2.10 bits per heavy atom. The van der Waals surface area contributed by atoms with E-state index in [0.717, 1.165) is 0 Å². The van der Waals surface area contributed by atoms with Crippen molar-refractivity contribution in [3.63, 3.8) is 0 Å². The molecule has 2 heterocycles. The highest BCUT2D eigenvalue weighted by atomic mass is 19.1. The molecular weight excluding hydrogens is 273 g/mol. The summed E-state index contributed by atoms with van der Waals surface area (Å²) in [5.41, 5.74) is 0.353. The van der Waals surface area contributed by atoms with Gasteiger partial charge >= 0.3 is 6.01 Å². The van der Waals surface area contributed by atoms with Crippen LogP contribution in [0.3, 0.4) is 0 Å². The fourth-order valence-corrected chi connectivity index (χ4v) is 2.31. The molecule has 21 heavy (non-hydrogen) atoms. The molecule has 0 radical (unpaired) electrons. The maximum Gasteiger partial charge on any atom is 0.316 e. The van der Waals surface area contributed by atoms with Gasteiger partial charge in [0.05, 0.1) is 6.54 Å². The van der Waals surface area contributed by atoms with Crippen molar-refractivity contribution in [3.05, 3.63) is 54.1 Å². The first kappa shape index (κ1) is 13.5. The number of likely N-dealkylation sites (tertiary alicyclic amines) is 1. The molecule has 1 aromatic carbocycles. The van der Waals surface area contributed by atoms with Crippen LogP contribution in [0.15, 0.2) is 42.7 Å². The lowest BCUT2D eigenvalue weighted by atomic mass is 10.2. The van der Waals surface area contributed by atoms with Crippen molar-refractivity contribution in [1.82, 2.24) is 14.9 Å². The zero-order valence-corrected chi connectivity index (χ0v) is 11.3. The molecule has 0 N–H and O–H groups in total. The van der Waals surface area contributed by atoms with Gasteiger partial charge in [0.25, 0.3) is 5.91 Å². The van der Waals surface area contributed by atoms with Crippen LogP contribution in [0, 0.1) is 5.82 Å². The van der Waals surface area contributed by atoms with E-state index in [4.69, 9.17) is 4.74 Å². The number of hydrogen-bond donors (Lipinski definition) is 0. The van der Waals surface area contributed by atoms with Crippen molar-refractivity contribution >= 4 is 5.91 Å². The quantitative estimate of drug-likeness (QED) is 0.865. The van der Waals surface area contributed by atoms with Gasteiger partial charge in [-0.2, -0.15) is 0 Å². The van der Waals surface area contributed by atoms with E-state index < -0.39 is 5.82 Å². The van der Waals surface area contributed by atoms with E-state index in [9.17, 15) is 9.18 Å². The fraction of sp³-hybridized carbons (Fsp3) is 0.267. The number of amides is 1. The third kappa shape index (κ3) is 3.16. The van der Waals surface area contributed by atoms with E-state index in [2.05, 4.69) is 9.97 Å². The highest BCUT2D eigenvalue weighted by molar-refractivity contribution is 5.94. The van der Waals surface area contributed by atoms with Gasteiger partial charge in [0.2, 0.25) is 0 Å². The molecule has 6 heteroatoms. The number of benzene rings is 1. The predicted octanol–water partition coefficient (Wildman–Crippen LogP) is 1.91. The van der Waals surface area contributed by atoms with Crippen molar-refractivity contribution in [2.75, 3.05) is 13.1 Å². The summed E-state index contributed by atoms with van der Waals surface area (Å²) in [4.78, 5) is 21.9. The van der Waals surface area contributed by atoms with Crippen molar-refractivity contribution in [3.8, 4) is 6.01 Å². The van der Waals surface area contributed by atoms with Gasteiger partial charge in [-0.3, -0.25) is 4.79 Å². The van der Waals surface area contributed by atoms with Crippen molar-refractivity contribution in [1.29, 1.82) is 0 Å². The molecule has 3 rings (SSSR count). The average Bonchev–Trinajstić information content (AvgIpc) is 2.96. The highest BCUT2D eigenvalue weighted by Crippen LogP contribution is 2.17. The molecule has 1 saturated heterocycles. The Labute approximate surface area is 121 Å². The maximum atomic E-state index is 13.2. The van der Waals surface area contributed by atoms with Gasteiger partial charge in [-0.25, -0.2) is 14.4 Å². The number of carbonyl (C=O) groups is 1. The zero-order chi connectivity index (χ0) is 14.7. The van der Waals surface area contributed by atoms with E-state index in [0.29, 0.717) is 31.1 Å². The molecular formula is C15H14FN3O2. The summed E-state index contributed by atoms with van der Waals surface area (Å²) in [6.45, 7) is 1.03. The molecule has 1 aromatic heterocycles. The van der Waals surface area contributed by atoms with Crippen LogP contribution < -0.4 is 4.74 Å². The van der Waals surface area contributed by atoms with Crippen molar-refractivity contribution in [2.45, 2.75) is 12.5 Å². The second kappa shape index (κ2) is 5.87. The Morgan fingerprint density at radius 1 is 1.29 bits per heavy atom. The van der Waals surface area contributed by atoms with Crippen LogP contribution in [0.1, 0.15) is 16.8 Å². The molecule has 0 bridgehead atoms. The van der Waals surface area contributed by atoms with Gasteiger partial charge in [0.1, 0.15) is 11.9 Å². The number of hydrogen-bond acceptors (Lipinski definition) is 4. The molecule has 0 unspecified atom stereocenters. The average molecular weight is 287 g/mol. The predicted molar refractivity (Wildman–Crippen MR) is 73.4 cm³/mol. The lowest BCUT2D eigenvalue weighted by Crippen LogP contribution is -2.31. The first-order valence-corrected chi connectivity index (χ1v) is 6.71. The normalized spacial score (nSPS) is 17.8. The van der Waals surface area contributed by atoms with E-state index in [-0.39, 0.29) is 12.0 Å². The molecule has 1 amide bonds. The molecule has 1 fully saturated rings. The van der Waals surface area contributed by atoms with Gasteiger partial charge in [0.15, 0.2) is 0 Å². The van der Waals surface area contributed by atoms with Crippen LogP contribution in [0.25, 0.3) is 0 Å². The standard InChI is InChI=1S/C15H14FN3O2/c16-12-4-1-3-11(9-12)14(20)19-8-5-13(10-19)21-15-17-6-2-7-18-15/h1-4,6-7,9,13H,5,8,10H2/t13-/m0/s1. The molecule has 0 saturated carbocycles. The summed E-state index contributed by atoms with van der Waals surface area (Å²) in [7, 11) is 0. The Balaban J connectivity index is 1.63. The highest BCUT2D eigenvalue weighted by Gasteiger charge is 2.28. The van der Waals surface area contributed by atoms with Crippen LogP contribution >= 0.6 is 0 Å². The second-order valence-electron chi connectivity index (χ2n) is 4.82. The number of nitrogens with zero attached hydrogens (tertiary/aromatic N) is 3. The Morgan fingerprint density at radius 3 is 2.86 bits per heavy atom. The number of carbonyl (C=O) groups excluding carboxylic acids is 1. The van der Waals surface area contributed by atoms with E-state index in [1.54, 1.807) is 29.4 Å². The lowest BCUT2D eigenvalue weighted by molar-refractivity contribution is 0.0769. The molecule has 0 spiro atoms. The van der Waals surface area contributed by atoms with Crippen LogP contribution in [0.5, 0.6) is 6.01 Å². The van der Waals surface area contributed by atoms with E-state index >= 15 is 0 Å². The number of rotatable bonds is 3. The Kier molecular flexibility index (Phi) is 3.77. The van der Waals surface area contributed by atoms with Crippen LogP contribution in [0.2, 0.25) is 0 Å². The summed E-state index contributed by atoms with van der Waals surface area (Å²) in [6.07, 6.45) is 3.78. The van der Waals surface area contributed by atoms with Gasteiger partial charge in [0, 0.05) is 30.9 Å². The minimum Gasteiger partial charge on any atom is -0.458 e. The molecule has 2 aromatic rings. The minimum atomic E-state index is -0.412. The van der Waals surface area contributed by atoms with E-state index in [1.807, 2.05) is 0 Å². The van der Waals surface area contributed by atoms with Gasteiger partial charge in [-0.15, -0.1) is 0 Å². The number of aromatic nitrogens is 2. The SMILES string of the molecule is O=C(c1cccc(F)c1)N1CC[C@H](Oc2ncccn2)C1. The number of halogens is 1. The Bertz CT molecular complexity index is 636. The van der Waals surface area contributed by atoms with Crippen molar-refractivity contribution < 1.29 is 13.9 Å². The number of ether oxygens (including phenoxy) is 1. The summed E-state index contributed by atoms with van der Waals surface area (Å²) < 4.78 is 18.8. The first-order valence-electron chi connectivity index (χ1n) is 6.71.